The Morgan fingerprint density at radius 3 is 2.65 bits per heavy atom. The first-order valence-corrected chi connectivity index (χ1v) is 5.71. The van der Waals surface area contributed by atoms with Crippen LogP contribution >= 0.6 is 11.6 Å². The van der Waals surface area contributed by atoms with Crippen molar-refractivity contribution in [3.05, 3.63) is 41.0 Å². The van der Waals surface area contributed by atoms with Gasteiger partial charge in [-0.25, -0.2) is 10.8 Å². The molecule has 0 aliphatic heterocycles. The van der Waals surface area contributed by atoms with Crippen LogP contribution in [0.1, 0.15) is 5.56 Å². The zero-order valence-electron chi connectivity index (χ0n) is 9.87. The smallest absolute Gasteiger partial charge is 0.339 e. The summed E-state index contributed by atoms with van der Waals surface area (Å²) in [5, 5.41) is 2.83. The van der Waals surface area contributed by atoms with Gasteiger partial charge >= 0.3 is 6.18 Å². The van der Waals surface area contributed by atoms with Crippen LogP contribution in [-0.4, -0.2) is 9.97 Å². The lowest BCUT2D eigenvalue weighted by molar-refractivity contribution is -0.137. The van der Waals surface area contributed by atoms with Gasteiger partial charge in [0.05, 0.1) is 11.8 Å². The van der Waals surface area contributed by atoms with E-state index in [1.807, 2.05) is 0 Å². The Balaban J connectivity index is 2.30. The molecule has 9 heteroatoms. The first kappa shape index (κ1) is 14.4. The number of benzene rings is 1. The molecule has 0 unspecified atom stereocenters. The summed E-state index contributed by atoms with van der Waals surface area (Å²) in [4.78, 5) is 7.66. The molecule has 2 rings (SSSR count). The lowest BCUT2D eigenvalue weighted by Gasteiger charge is -2.11. The molecule has 0 spiro atoms. The average Bonchev–Trinajstić information content (AvgIpc) is 2.41. The molecule has 0 amide bonds. The number of nitrogen functional groups attached to an aromatic ring is 1. The van der Waals surface area contributed by atoms with Crippen molar-refractivity contribution in [3.63, 3.8) is 0 Å². The molecule has 5 nitrogen and oxygen atoms in total. The van der Waals surface area contributed by atoms with E-state index in [2.05, 4.69) is 20.7 Å². The molecule has 0 saturated carbocycles. The first-order valence-electron chi connectivity index (χ1n) is 5.33. The number of nitrogens with zero attached hydrogens (tertiary/aromatic N) is 2. The van der Waals surface area contributed by atoms with E-state index in [-0.39, 0.29) is 22.5 Å². The third-order valence-electron chi connectivity index (χ3n) is 2.33. The highest BCUT2D eigenvalue weighted by Crippen LogP contribution is 2.32. The zero-order valence-corrected chi connectivity index (χ0v) is 10.6. The monoisotopic (exact) mass is 303 g/mol. The topological polar surface area (TPSA) is 75.9 Å². The maximum atomic E-state index is 12.6. The molecular formula is C11H9ClF3N5. The molecule has 1 aromatic heterocycles. The fourth-order valence-electron chi connectivity index (χ4n) is 1.43. The number of hydrazine groups is 1. The van der Waals surface area contributed by atoms with Crippen LogP contribution < -0.4 is 16.6 Å². The van der Waals surface area contributed by atoms with Crippen LogP contribution in [0.25, 0.3) is 0 Å². The highest BCUT2D eigenvalue weighted by Gasteiger charge is 2.30. The molecule has 1 aromatic carbocycles. The maximum absolute atomic E-state index is 12.6. The van der Waals surface area contributed by atoms with Crippen molar-refractivity contribution in [2.75, 3.05) is 10.7 Å². The standard InChI is InChI=1S/C11H9ClF3N5/c12-8-5-17-10(20-16)19-9(8)18-7-3-1-2-6(4-7)11(13,14)15/h1-5H,16H2,(H2,17,18,19,20). The highest BCUT2D eigenvalue weighted by molar-refractivity contribution is 6.32. The minimum atomic E-state index is -4.42. The number of hydrogen-bond donors (Lipinski definition) is 3. The normalized spacial score (nSPS) is 11.2. The van der Waals surface area contributed by atoms with Gasteiger partial charge in [-0.2, -0.15) is 18.2 Å². The molecule has 4 N–H and O–H groups in total. The minimum Gasteiger partial charge on any atom is -0.339 e. The fourth-order valence-corrected chi connectivity index (χ4v) is 1.57. The number of hydrogen-bond acceptors (Lipinski definition) is 5. The van der Waals surface area contributed by atoms with Crippen molar-refractivity contribution in [1.82, 2.24) is 9.97 Å². The average molecular weight is 304 g/mol. The van der Waals surface area contributed by atoms with Gasteiger partial charge in [-0.1, -0.05) is 17.7 Å². The predicted octanol–water partition coefficient (Wildman–Crippen LogP) is 3.18. The summed E-state index contributed by atoms with van der Waals surface area (Å²) in [5.74, 6) is 5.38. The second kappa shape index (κ2) is 5.51. The molecule has 0 atom stereocenters. The second-order valence-corrected chi connectivity index (χ2v) is 4.15. The Labute approximate surface area is 117 Å². The van der Waals surface area contributed by atoms with E-state index >= 15 is 0 Å². The van der Waals surface area contributed by atoms with Gasteiger partial charge in [0.2, 0.25) is 5.95 Å². The molecule has 0 saturated heterocycles. The summed E-state index contributed by atoms with van der Waals surface area (Å²) in [5.41, 5.74) is 1.64. The van der Waals surface area contributed by atoms with Gasteiger partial charge in [0, 0.05) is 5.69 Å². The van der Waals surface area contributed by atoms with Crippen LogP contribution in [-0.2, 0) is 6.18 Å². The van der Waals surface area contributed by atoms with E-state index < -0.39 is 11.7 Å². The molecule has 0 aliphatic rings. The summed E-state index contributed by atoms with van der Waals surface area (Å²) < 4.78 is 37.8. The number of halogens is 4. The van der Waals surface area contributed by atoms with E-state index in [9.17, 15) is 13.2 Å². The largest absolute Gasteiger partial charge is 0.416 e. The Morgan fingerprint density at radius 2 is 2.00 bits per heavy atom. The molecule has 0 radical (unpaired) electrons. The number of nitrogens with one attached hydrogen (secondary N) is 2. The number of rotatable bonds is 3. The van der Waals surface area contributed by atoms with Gasteiger partial charge < -0.3 is 5.32 Å². The van der Waals surface area contributed by atoms with Gasteiger partial charge in [0.25, 0.3) is 0 Å². The van der Waals surface area contributed by atoms with Crippen molar-refractivity contribution in [2.24, 2.45) is 5.84 Å². The maximum Gasteiger partial charge on any atom is 0.416 e. The molecule has 0 bridgehead atoms. The number of anilines is 3. The molecule has 1 heterocycles. The number of aromatic nitrogens is 2. The molecule has 106 valence electrons. The van der Waals surface area contributed by atoms with Crippen molar-refractivity contribution in [1.29, 1.82) is 0 Å². The lowest BCUT2D eigenvalue weighted by Crippen LogP contribution is -2.11. The van der Waals surface area contributed by atoms with Crippen molar-refractivity contribution >= 4 is 29.1 Å². The van der Waals surface area contributed by atoms with E-state index in [4.69, 9.17) is 17.4 Å². The van der Waals surface area contributed by atoms with Gasteiger partial charge in [-0.3, -0.25) is 5.43 Å². The van der Waals surface area contributed by atoms with Crippen LogP contribution in [0.5, 0.6) is 0 Å². The Hall–Kier alpha value is -2.06. The third-order valence-corrected chi connectivity index (χ3v) is 2.60. The van der Waals surface area contributed by atoms with Crippen molar-refractivity contribution < 1.29 is 13.2 Å². The van der Waals surface area contributed by atoms with E-state index in [0.717, 1.165) is 12.1 Å². The predicted molar refractivity (Wildman–Crippen MR) is 69.6 cm³/mol. The van der Waals surface area contributed by atoms with Crippen LogP contribution in [0.3, 0.4) is 0 Å². The zero-order chi connectivity index (χ0) is 14.8. The summed E-state index contributed by atoms with van der Waals surface area (Å²) in [6, 6.07) is 4.67. The van der Waals surface area contributed by atoms with Crippen molar-refractivity contribution in [2.45, 2.75) is 6.18 Å². The third kappa shape index (κ3) is 3.28. The van der Waals surface area contributed by atoms with Crippen LogP contribution in [0, 0.1) is 0 Å². The Morgan fingerprint density at radius 1 is 1.25 bits per heavy atom. The number of alkyl halides is 3. The minimum absolute atomic E-state index is 0.0869. The SMILES string of the molecule is NNc1ncc(Cl)c(Nc2cccc(C(F)(F)F)c2)n1. The number of nitrogens with two attached hydrogens (primary N) is 1. The lowest BCUT2D eigenvalue weighted by atomic mass is 10.2. The van der Waals surface area contributed by atoms with Crippen LogP contribution in [0.4, 0.5) is 30.6 Å². The first-order chi connectivity index (χ1) is 9.40. The summed E-state index contributed by atoms with van der Waals surface area (Å²) in [6.07, 6.45) is -3.14. The van der Waals surface area contributed by atoms with Crippen LogP contribution in [0.15, 0.2) is 30.5 Å². The molecule has 2 aromatic rings. The van der Waals surface area contributed by atoms with Gasteiger partial charge in [-0.05, 0) is 18.2 Å². The Kier molecular flexibility index (Phi) is 3.96. The van der Waals surface area contributed by atoms with E-state index in [1.54, 1.807) is 0 Å². The summed E-state index contributed by atoms with van der Waals surface area (Å²) >= 11 is 5.85. The molecule has 0 fully saturated rings. The summed E-state index contributed by atoms with van der Waals surface area (Å²) in [7, 11) is 0. The fraction of sp³-hybridized carbons (Fsp3) is 0.0909. The van der Waals surface area contributed by atoms with Crippen molar-refractivity contribution in [3.8, 4) is 0 Å². The van der Waals surface area contributed by atoms with E-state index in [1.165, 1.54) is 18.3 Å². The molecule has 20 heavy (non-hydrogen) atoms. The molecule has 0 aliphatic carbocycles. The van der Waals surface area contributed by atoms with Gasteiger partial charge in [0.15, 0.2) is 5.82 Å². The summed E-state index contributed by atoms with van der Waals surface area (Å²) in [6.45, 7) is 0. The Bertz CT molecular complexity index is 617. The van der Waals surface area contributed by atoms with Gasteiger partial charge in [0.1, 0.15) is 5.02 Å². The van der Waals surface area contributed by atoms with Gasteiger partial charge in [-0.15, -0.1) is 0 Å². The van der Waals surface area contributed by atoms with Crippen LogP contribution in [0.2, 0.25) is 5.02 Å². The highest BCUT2D eigenvalue weighted by atomic mass is 35.5. The second-order valence-electron chi connectivity index (χ2n) is 3.74. The molecular weight excluding hydrogens is 295 g/mol. The van der Waals surface area contributed by atoms with E-state index in [0.29, 0.717) is 0 Å². The quantitative estimate of drug-likeness (QED) is 0.600.